The van der Waals surface area contributed by atoms with E-state index in [0.717, 1.165) is 76.0 Å². The molecule has 62 heavy (non-hydrogen) atoms. The summed E-state index contributed by atoms with van der Waals surface area (Å²) >= 11 is 0. The van der Waals surface area contributed by atoms with Gasteiger partial charge in [0.25, 0.3) is 0 Å². The maximum absolute atomic E-state index is 14.0. The Bertz CT molecular complexity index is 2430. The van der Waals surface area contributed by atoms with Gasteiger partial charge in [-0.15, -0.1) is 0 Å². The summed E-state index contributed by atoms with van der Waals surface area (Å²) in [5.41, 5.74) is 9.14. The molecule has 3 amide bonds. The van der Waals surface area contributed by atoms with Gasteiger partial charge in [0.2, 0.25) is 11.8 Å². The predicted octanol–water partition coefficient (Wildman–Crippen LogP) is 7.97. The van der Waals surface area contributed by atoms with Crippen molar-refractivity contribution < 1.29 is 28.7 Å². The van der Waals surface area contributed by atoms with Crippen LogP contribution in [0, 0.1) is 5.92 Å². The minimum absolute atomic E-state index is 0.0205. The number of aliphatic imine (C=N–C) groups is 1. The third kappa shape index (κ3) is 9.54. The molecule has 8 rings (SSSR count). The fraction of sp³-hybridized carbons (Fsp3) is 0.320. The van der Waals surface area contributed by atoms with Crippen LogP contribution in [0.15, 0.2) is 127 Å². The monoisotopic (exact) mass is 832 g/mol. The summed E-state index contributed by atoms with van der Waals surface area (Å²) < 4.78 is 9.82. The number of nitrogens with one attached hydrogen (secondary N) is 2. The number of alkyl carbamates (subject to hydrolysis) is 1. The van der Waals surface area contributed by atoms with E-state index in [-0.39, 0.29) is 36.3 Å². The molecule has 3 aliphatic heterocycles. The van der Waals surface area contributed by atoms with Crippen LogP contribution in [0.25, 0.3) is 28.0 Å². The van der Waals surface area contributed by atoms with Gasteiger partial charge >= 0.3 is 12.1 Å². The number of amides is 3. The van der Waals surface area contributed by atoms with Gasteiger partial charge in [-0.25, -0.2) is 9.78 Å². The third-order valence-electron chi connectivity index (χ3n) is 12.3. The summed E-state index contributed by atoms with van der Waals surface area (Å²) in [5, 5.41) is 2.75. The van der Waals surface area contributed by atoms with Gasteiger partial charge in [-0.2, -0.15) is 0 Å². The number of aromatic amines is 1. The Labute approximate surface area is 362 Å². The Hall–Kier alpha value is -6.82. The van der Waals surface area contributed by atoms with Crippen molar-refractivity contribution in [1.29, 1.82) is 0 Å². The van der Waals surface area contributed by atoms with Crippen LogP contribution in [0.3, 0.4) is 0 Å². The van der Waals surface area contributed by atoms with Crippen LogP contribution in [-0.2, 0) is 36.7 Å². The zero-order valence-electron chi connectivity index (χ0n) is 35.2. The van der Waals surface area contributed by atoms with E-state index in [1.54, 1.807) is 0 Å². The van der Waals surface area contributed by atoms with Crippen LogP contribution in [0.1, 0.15) is 67.1 Å². The maximum Gasteiger partial charge on any atom is 0.407 e. The number of benzene rings is 4. The van der Waals surface area contributed by atoms with Gasteiger partial charge in [-0.05, 0) is 71.1 Å². The number of aromatic nitrogens is 2. The van der Waals surface area contributed by atoms with Crippen molar-refractivity contribution in [2.24, 2.45) is 10.9 Å². The molecule has 12 nitrogen and oxygen atoms in total. The smallest absolute Gasteiger partial charge is 0.407 e. The molecule has 1 unspecified atom stereocenters. The first-order valence-electron chi connectivity index (χ1n) is 21.4. The van der Waals surface area contributed by atoms with Crippen LogP contribution in [0.2, 0.25) is 0 Å². The summed E-state index contributed by atoms with van der Waals surface area (Å²) in [6, 6.07) is 35.2. The van der Waals surface area contributed by atoms with E-state index in [9.17, 15) is 19.2 Å². The van der Waals surface area contributed by atoms with Gasteiger partial charge in [-0.3, -0.25) is 19.4 Å². The van der Waals surface area contributed by atoms with Crippen molar-refractivity contribution in [2.75, 3.05) is 27.3 Å². The molecule has 4 heterocycles. The average Bonchev–Trinajstić information content (AvgIpc) is 4.16. The molecule has 0 radical (unpaired) electrons. The Kier molecular flexibility index (Phi) is 13.0. The quantitative estimate of drug-likeness (QED) is 0.108. The lowest BCUT2D eigenvalue weighted by atomic mass is 9.93. The molecule has 0 spiro atoms. The second kappa shape index (κ2) is 19.3. The highest BCUT2D eigenvalue weighted by Gasteiger charge is 2.38. The zero-order chi connectivity index (χ0) is 43.0. The van der Waals surface area contributed by atoms with Gasteiger partial charge in [0.05, 0.1) is 50.5 Å². The van der Waals surface area contributed by atoms with Crippen LogP contribution in [0.4, 0.5) is 4.79 Å². The first-order valence-corrected chi connectivity index (χ1v) is 21.4. The van der Waals surface area contributed by atoms with Crippen LogP contribution in [0.5, 0.6) is 0 Å². The molecule has 1 aromatic heterocycles. The van der Waals surface area contributed by atoms with E-state index in [4.69, 9.17) is 19.5 Å². The van der Waals surface area contributed by atoms with Crippen molar-refractivity contribution in [3.63, 3.8) is 0 Å². The van der Waals surface area contributed by atoms with Crippen molar-refractivity contribution in [3.05, 3.63) is 144 Å². The number of carbonyl (C=O) groups is 4. The molecule has 12 heteroatoms. The van der Waals surface area contributed by atoms with Crippen LogP contribution in [-0.4, -0.2) is 88.7 Å². The Balaban J connectivity index is 0.887. The Morgan fingerprint density at radius 2 is 1.29 bits per heavy atom. The number of likely N-dealkylation sites (tertiary alicyclic amines) is 2. The second-order valence-corrected chi connectivity index (χ2v) is 16.2. The minimum atomic E-state index is -0.771. The molecule has 4 aromatic carbocycles. The van der Waals surface area contributed by atoms with Gasteiger partial charge < -0.3 is 29.6 Å². The van der Waals surface area contributed by atoms with Crippen molar-refractivity contribution in [3.8, 4) is 22.4 Å². The van der Waals surface area contributed by atoms with E-state index >= 15 is 0 Å². The van der Waals surface area contributed by atoms with Gasteiger partial charge in [0.1, 0.15) is 11.9 Å². The average molecular weight is 833 g/mol. The van der Waals surface area contributed by atoms with Gasteiger partial charge in [-0.1, -0.05) is 109 Å². The molecule has 5 aromatic rings. The number of esters is 1. The Morgan fingerprint density at radius 1 is 0.710 bits per heavy atom. The summed E-state index contributed by atoms with van der Waals surface area (Å²) in [7, 11) is 2.66. The number of methoxy groups -OCH3 is 2. The lowest BCUT2D eigenvalue weighted by Crippen LogP contribution is -2.49. The van der Waals surface area contributed by atoms with Gasteiger partial charge in [0.15, 0.2) is 0 Å². The van der Waals surface area contributed by atoms with Crippen molar-refractivity contribution >= 4 is 35.2 Å². The normalized spacial score (nSPS) is 18.2. The van der Waals surface area contributed by atoms with Crippen LogP contribution >= 0.6 is 0 Å². The lowest BCUT2D eigenvalue weighted by Gasteiger charge is -2.29. The highest BCUT2D eigenvalue weighted by atomic mass is 16.5. The third-order valence-corrected chi connectivity index (χ3v) is 12.3. The number of ether oxygens (including phenoxy) is 2. The fourth-order valence-corrected chi connectivity index (χ4v) is 9.01. The fourth-order valence-electron chi connectivity index (χ4n) is 9.01. The maximum atomic E-state index is 14.0. The molecule has 0 saturated carbocycles. The summed E-state index contributed by atoms with van der Waals surface area (Å²) in [6.07, 6.45) is 7.97. The first kappa shape index (κ1) is 41.9. The highest BCUT2D eigenvalue weighted by molar-refractivity contribution is 6.03. The zero-order valence-corrected chi connectivity index (χ0v) is 35.2. The van der Waals surface area contributed by atoms with E-state index in [2.05, 4.69) is 58.8 Å². The number of H-pyrrole nitrogens is 1. The molecule has 3 aliphatic rings. The summed E-state index contributed by atoms with van der Waals surface area (Å²) in [4.78, 5) is 69.3. The summed E-state index contributed by atoms with van der Waals surface area (Å²) in [6.45, 7) is 1.22. The number of rotatable bonds is 14. The Morgan fingerprint density at radius 3 is 1.92 bits per heavy atom. The minimum Gasteiger partial charge on any atom is -0.469 e. The SMILES string of the molecule is COC(=O)CC(Cc1ccccc1)C(=O)N1CCC[C@H]1C1=NC=C(c2ccc(-c3ccc(-c4cnc([C@@H]5CCCN5C(=O)[C@H](Cc5ccccc5)NC(=O)OC)[nH]4)cc3)cc2)C1. The number of carbonyl (C=O) groups excluding carboxylic acids is 4. The molecule has 2 saturated heterocycles. The van der Waals surface area contributed by atoms with E-state index in [1.165, 1.54) is 14.2 Å². The van der Waals surface area contributed by atoms with Crippen molar-refractivity contribution in [1.82, 2.24) is 25.1 Å². The lowest BCUT2D eigenvalue weighted by molar-refractivity contribution is -0.146. The molecule has 2 fully saturated rings. The number of nitrogens with zero attached hydrogens (tertiary/aromatic N) is 4. The molecular formula is C50H52N6O6. The number of imidazole rings is 1. The number of hydrogen-bond donors (Lipinski definition) is 2. The van der Waals surface area contributed by atoms with Crippen molar-refractivity contribution in [2.45, 2.75) is 69.5 Å². The molecule has 318 valence electrons. The largest absolute Gasteiger partial charge is 0.469 e. The topological polar surface area (TPSA) is 146 Å². The highest BCUT2D eigenvalue weighted by Crippen LogP contribution is 2.35. The van der Waals surface area contributed by atoms with Crippen LogP contribution < -0.4 is 5.32 Å². The predicted molar refractivity (Wildman–Crippen MR) is 238 cm³/mol. The second-order valence-electron chi connectivity index (χ2n) is 16.2. The molecule has 0 bridgehead atoms. The van der Waals surface area contributed by atoms with Gasteiger partial charge in [0, 0.05) is 37.8 Å². The van der Waals surface area contributed by atoms with E-state index in [0.29, 0.717) is 38.2 Å². The molecular weight excluding hydrogens is 781 g/mol. The number of allylic oxidation sites excluding steroid dienone is 1. The first-order chi connectivity index (χ1) is 30.3. The van der Waals surface area contributed by atoms with E-state index in [1.807, 2.05) is 82.9 Å². The molecule has 4 atom stereocenters. The molecule has 2 N–H and O–H groups in total. The van der Waals surface area contributed by atoms with E-state index < -0.39 is 18.1 Å². The number of hydrogen-bond acceptors (Lipinski definition) is 8. The molecule has 0 aliphatic carbocycles. The summed E-state index contributed by atoms with van der Waals surface area (Å²) in [5.74, 6) is -0.350. The standard InChI is InChI=1S/C50H52N6O6/c1-61-46(57)30-39(27-33-11-5-3-6-12-33)48(58)55-25-9-15-44(55)41-29-40(31-51-41)37-19-17-35(18-20-37)36-21-23-38(24-22-36)43-32-52-47(53-43)45-16-10-26-56(45)49(59)42(54-50(60)62-2)28-34-13-7-4-8-14-34/h3-8,11-14,17-24,31-32,39,42,44-45H,9-10,15-16,25-30H2,1-2H3,(H,52,53)(H,54,60)/t39?,42-,44-,45-/m0/s1.